The van der Waals surface area contributed by atoms with Crippen molar-refractivity contribution in [1.29, 1.82) is 0 Å². The van der Waals surface area contributed by atoms with Crippen molar-refractivity contribution in [2.24, 2.45) is 0 Å². The van der Waals surface area contributed by atoms with E-state index in [1.54, 1.807) is 4.90 Å². The van der Waals surface area contributed by atoms with Crippen LogP contribution in [0.25, 0.3) is 10.9 Å². The third-order valence-electron chi connectivity index (χ3n) is 7.25. The van der Waals surface area contributed by atoms with Crippen LogP contribution in [0.5, 0.6) is 0 Å². The smallest absolute Gasteiger partial charge is 0.271 e. The zero-order valence-electron chi connectivity index (χ0n) is 19.0. The van der Waals surface area contributed by atoms with Crippen molar-refractivity contribution in [2.45, 2.75) is 70.1 Å². The van der Waals surface area contributed by atoms with E-state index in [1.165, 1.54) is 12.8 Å². The lowest BCUT2D eigenvalue weighted by Gasteiger charge is -2.44. The number of rotatable bonds is 4. The van der Waals surface area contributed by atoms with E-state index in [0.717, 1.165) is 42.1 Å². The first-order valence-electron chi connectivity index (χ1n) is 11.9. The molecule has 1 aliphatic carbocycles. The highest BCUT2D eigenvalue weighted by molar-refractivity contribution is 6.30. The molecule has 5 nitrogen and oxygen atoms in total. The minimum Gasteiger partial charge on any atom is -0.351 e. The summed E-state index contributed by atoms with van der Waals surface area (Å²) >= 11 is 6.22. The molecule has 6 heteroatoms. The highest BCUT2D eigenvalue weighted by atomic mass is 35.5. The predicted octanol–water partition coefficient (Wildman–Crippen LogP) is 5.55. The Morgan fingerprint density at radius 3 is 2.58 bits per heavy atom. The van der Waals surface area contributed by atoms with Gasteiger partial charge < -0.3 is 14.8 Å². The molecular weight excluding hydrogens is 434 g/mol. The number of hydrogen-bond acceptors (Lipinski definition) is 2. The fraction of sp³-hybridized carbons (Fsp3) is 0.407. The van der Waals surface area contributed by atoms with E-state index in [2.05, 4.69) is 5.32 Å². The number of halogens is 1. The minimum atomic E-state index is -1.01. The monoisotopic (exact) mass is 463 g/mol. The van der Waals surface area contributed by atoms with Crippen molar-refractivity contribution in [3.05, 3.63) is 70.9 Å². The lowest BCUT2D eigenvalue weighted by atomic mass is 9.93. The highest BCUT2D eigenvalue weighted by Gasteiger charge is 2.48. The summed E-state index contributed by atoms with van der Waals surface area (Å²) in [6.45, 7) is 2.65. The summed E-state index contributed by atoms with van der Waals surface area (Å²) in [7, 11) is 0. The molecule has 2 amide bonds. The van der Waals surface area contributed by atoms with Crippen LogP contribution in [0.1, 0.15) is 61.5 Å². The van der Waals surface area contributed by atoms with Gasteiger partial charge in [-0.25, -0.2) is 0 Å². The first-order chi connectivity index (χ1) is 16.0. The van der Waals surface area contributed by atoms with Gasteiger partial charge in [0.05, 0.1) is 6.54 Å². The molecule has 1 unspecified atom stereocenters. The molecule has 0 radical (unpaired) electrons. The fourth-order valence-corrected chi connectivity index (χ4v) is 5.55. The number of carbonyl (C=O) groups excluding carboxylic acids is 2. The van der Waals surface area contributed by atoms with Gasteiger partial charge in [0.2, 0.25) is 5.91 Å². The molecule has 1 saturated carbocycles. The van der Waals surface area contributed by atoms with E-state index < -0.39 is 5.54 Å². The Hall–Kier alpha value is -2.79. The van der Waals surface area contributed by atoms with Gasteiger partial charge in [-0.15, -0.1) is 0 Å². The lowest BCUT2D eigenvalue weighted by molar-refractivity contribution is -0.134. The first kappa shape index (κ1) is 22.0. The Balaban J connectivity index is 1.54. The SMILES string of the molecule is CC1(C(=O)NC2CCCCCC2)Cn2c(cc3ccccc32)C(=O)N1Cc1cccc(Cl)c1. The van der Waals surface area contributed by atoms with Crippen molar-refractivity contribution in [3.63, 3.8) is 0 Å². The second-order valence-corrected chi connectivity index (χ2v) is 10.1. The summed E-state index contributed by atoms with van der Waals surface area (Å²) in [5, 5.41) is 4.95. The van der Waals surface area contributed by atoms with Crippen LogP contribution in [0.15, 0.2) is 54.6 Å². The Labute approximate surface area is 199 Å². The molecule has 3 aromatic rings. The number of fused-ring (bicyclic) bond motifs is 3. The van der Waals surface area contributed by atoms with Gasteiger partial charge in [-0.05, 0) is 49.6 Å². The number of para-hydroxylation sites is 1. The molecule has 1 N–H and O–H groups in total. The molecule has 33 heavy (non-hydrogen) atoms. The van der Waals surface area contributed by atoms with E-state index in [4.69, 9.17) is 11.6 Å². The predicted molar refractivity (Wildman–Crippen MR) is 131 cm³/mol. The molecule has 2 heterocycles. The summed E-state index contributed by atoms with van der Waals surface area (Å²) in [6, 6.07) is 17.6. The average molecular weight is 464 g/mol. The molecule has 1 atom stereocenters. The standard InChI is InChI=1S/C27H30ClN3O2/c1-27(26(33)29-22-12-4-2-3-5-13-22)18-30-23-14-7-6-10-20(23)16-24(30)25(32)31(27)17-19-9-8-11-21(28)15-19/h6-11,14-16,22H,2-5,12-13,17-18H2,1H3,(H,29,33). The molecule has 172 valence electrons. The van der Waals surface area contributed by atoms with Crippen LogP contribution >= 0.6 is 11.6 Å². The molecule has 1 aliphatic heterocycles. The first-order valence-corrected chi connectivity index (χ1v) is 12.3. The topological polar surface area (TPSA) is 54.3 Å². The van der Waals surface area contributed by atoms with E-state index >= 15 is 0 Å². The summed E-state index contributed by atoms with van der Waals surface area (Å²) in [4.78, 5) is 29.4. The summed E-state index contributed by atoms with van der Waals surface area (Å²) in [5.74, 6) is -0.204. The summed E-state index contributed by atoms with van der Waals surface area (Å²) < 4.78 is 2.01. The molecular formula is C27H30ClN3O2. The number of aromatic nitrogens is 1. The van der Waals surface area contributed by atoms with Gasteiger partial charge in [0, 0.05) is 28.5 Å². The van der Waals surface area contributed by atoms with Crippen LogP contribution in [0, 0.1) is 0 Å². The Morgan fingerprint density at radius 2 is 1.82 bits per heavy atom. The van der Waals surface area contributed by atoms with Crippen LogP contribution in [-0.2, 0) is 17.9 Å². The number of benzene rings is 2. The van der Waals surface area contributed by atoms with E-state index in [0.29, 0.717) is 23.8 Å². The third-order valence-corrected chi connectivity index (χ3v) is 7.48. The average Bonchev–Trinajstić information content (AvgIpc) is 2.97. The third kappa shape index (κ3) is 4.15. The van der Waals surface area contributed by atoms with E-state index in [1.807, 2.05) is 66.1 Å². The number of carbonyl (C=O) groups is 2. The van der Waals surface area contributed by atoms with Crippen molar-refractivity contribution in [3.8, 4) is 0 Å². The Kier molecular flexibility index (Phi) is 5.92. The van der Waals surface area contributed by atoms with Gasteiger partial charge in [0.1, 0.15) is 11.2 Å². The van der Waals surface area contributed by atoms with Crippen LogP contribution in [-0.4, -0.2) is 32.9 Å². The summed E-state index contributed by atoms with van der Waals surface area (Å²) in [6.07, 6.45) is 6.73. The molecule has 2 aliphatic rings. The molecule has 0 saturated heterocycles. The van der Waals surface area contributed by atoms with Gasteiger partial charge in [-0.1, -0.05) is 67.6 Å². The van der Waals surface area contributed by atoms with E-state index in [-0.39, 0.29) is 17.9 Å². The molecule has 5 rings (SSSR count). The van der Waals surface area contributed by atoms with Gasteiger partial charge in [-0.3, -0.25) is 9.59 Å². The largest absolute Gasteiger partial charge is 0.351 e. The van der Waals surface area contributed by atoms with Crippen molar-refractivity contribution < 1.29 is 9.59 Å². The second kappa shape index (κ2) is 8.86. The fourth-order valence-electron chi connectivity index (χ4n) is 5.34. The van der Waals surface area contributed by atoms with Crippen LogP contribution < -0.4 is 5.32 Å². The molecule has 2 aromatic carbocycles. The molecule has 1 aromatic heterocycles. The quantitative estimate of drug-likeness (QED) is 0.516. The zero-order chi connectivity index (χ0) is 23.0. The lowest BCUT2D eigenvalue weighted by Crippen LogP contribution is -2.64. The number of nitrogens with one attached hydrogen (secondary N) is 1. The van der Waals surface area contributed by atoms with Crippen LogP contribution in [0.4, 0.5) is 0 Å². The van der Waals surface area contributed by atoms with Gasteiger partial charge >= 0.3 is 0 Å². The Morgan fingerprint density at radius 1 is 1.06 bits per heavy atom. The molecule has 0 bridgehead atoms. The van der Waals surface area contributed by atoms with Gasteiger partial charge in [0.15, 0.2) is 0 Å². The maximum atomic E-state index is 13.8. The van der Waals surface area contributed by atoms with Crippen LogP contribution in [0.3, 0.4) is 0 Å². The molecule has 0 spiro atoms. The van der Waals surface area contributed by atoms with E-state index in [9.17, 15) is 9.59 Å². The number of nitrogens with zero attached hydrogens (tertiary/aromatic N) is 2. The summed E-state index contributed by atoms with van der Waals surface area (Å²) in [5.41, 5.74) is 1.50. The Bertz CT molecular complexity index is 1200. The van der Waals surface area contributed by atoms with Gasteiger partial charge in [-0.2, -0.15) is 0 Å². The second-order valence-electron chi connectivity index (χ2n) is 9.63. The number of amides is 2. The maximum Gasteiger partial charge on any atom is 0.271 e. The minimum absolute atomic E-state index is 0.0757. The van der Waals surface area contributed by atoms with Gasteiger partial charge in [0.25, 0.3) is 5.91 Å². The zero-order valence-corrected chi connectivity index (χ0v) is 19.8. The van der Waals surface area contributed by atoms with Crippen molar-refractivity contribution >= 4 is 34.3 Å². The van der Waals surface area contributed by atoms with Crippen LogP contribution in [0.2, 0.25) is 5.02 Å². The number of hydrogen-bond donors (Lipinski definition) is 1. The van der Waals surface area contributed by atoms with Crippen molar-refractivity contribution in [2.75, 3.05) is 0 Å². The van der Waals surface area contributed by atoms with Crippen molar-refractivity contribution in [1.82, 2.24) is 14.8 Å². The maximum absolute atomic E-state index is 13.8. The normalized spacial score (nSPS) is 21.6. The highest BCUT2D eigenvalue weighted by Crippen LogP contribution is 2.34. The molecule has 1 fully saturated rings.